The van der Waals surface area contributed by atoms with E-state index in [-0.39, 0.29) is 18.2 Å². The normalized spacial score (nSPS) is 25.6. The summed E-state index contributed by atoms with van der Waals surface area (Å²) in [6.45, 7) is 4.88. The number of aryl methyl sites for hydroxylation is 1. The van der Waals surface area contributed by atoms with E-state index in [2.05, 4.69) is 4.98 Å². The molecular weight excluding hydrogens is 264 g/mol. The molecule has 3 atom stereocenters. The predicted octanol–water partition coefficient (Wildman–Crippen LogP) is 0.474. The highest BCUT2D eigenvalue weighted by atomic mass is 16.6. The van der Waals surface area contributed by atoms with E-state index in [1.807, 2.05) is 6.92 Å². The minimum Gasteiger partial charge on any atom is -0.460 e. The predicted molar refractivity (Wildman–Crippen MR) is 70.4 cm³/mol. The number of hydrogen-bond donors (Lipinski definition) is 1. The zero-order valence-corrected chi connectivity index (χ0v) is 11.7. The van der Waals surface area contributed by atoms with Crippen molar-refractivity contribution in [3.05, 3.63) is 32.6 Å². The van der Waals surface area contributed by atoms with Crippen molar-refractivity contribution >= 4 is 5.97 Å². The van der Waals surface area contributed by atoms with Crippen molar-refractivity contribution in [2.75, 3.05) is 0 Å². The molecule has 0 aromatic carbocycles. The summed E-state index contributed by atoms with van der Waals surface area (Å²) in [5.41, 5.74) is -0.506. The number of carbonyl (C=O) groups is 1. The van der Waals surface area contributed by atoms with Crippen LogP contribution >= 0.6 is 0 Å². The molecule has 1 N–H and O–H groups in total. The minimum absolute atomic E-state index is 0.247. The second-order valence-electron chi connectivity index (χ2n) is 4.90. The number of rotatable bonds is 3. The van der Waals surface area contributed by atoms with Crippen LogP contribution in [0.15, 0.2) is 15.8 Å². The van der Waals surface area contributed by atoms with Crippen LogP contribution in [0.2, 0.25) is 0 Å². The molecule has 1 unspecified atom stereocenters. The number of nitrogens with zero attached hydrogens (tertiary/aromatic N) is 1. The summed E-state index contributed by atoms with van der Waals surface area (Å²) in [5.74, 6) is -0.373. The van der Waals surface area contributed by atoms with Crippen molar-refractivity contribution in [1.82, 2.24) is 9.55 Å². The van der Waals surface area contributed by atoms with Crippen molar-refractivity contribution < 1.29 is 14.3 Å². The molecule has 1 aromatic heterocycles. The van der Waals surface area contributed by atoms with Crippen LogP contribution in [0.3, 0.4) is 0 Å². The van der Waals surface area contributed by atoms with E-state index in [4.69, 9.17) is 9.47 Å². The van der Waals surface area contributed by atoms with E-state index in [0.717, 1.165) is 0 Å². The average Bonchev–Trinajstić information content (AvgIpc) is 2.75. The van der Waals surface area contributed by atoms with Gasteiger partial charge in [-0.15, -0.1) is 0 Å². The van der Waals surface area contributed by atoms with E-state index < -0.39 is 17.5 Å². The average molecular weight is 282 g/mol. The molecule has 1 aromatic rings. The number of aromatic nitrogens is 2. The highest BCUT2D eigenvalue weighted by Gasteiger charge is 2.37. The largest absolute Gasteiger partial charge is 0.460 e. The Hall–Kier alpha value is -1.89. The Morgan fingerprint density at radius 2 is 2.25 bits per heavy atom. The number of H-pyrrole nitrogens is 1. The monoisotopic (exact) mass is 282 g/mol. The number of esters is 1. The highest BCUT2D eigenvalue weighted by molar-refractivity contribution is 5.66. The lowest BCUT2D eigenvalue weighted by molar-refractivity contribution is -0.149. The smallest absolute Gasteiger partial charge is 0.330 e. The van der Waals surface area contributed by atoms with Crippen molar-refractivity contribution in [2.45, 2.75) is 52.0 Å². The molecule has 2 heterocycles. The van der Waals surface area contributed by atoms with Crippen molar-refractivity contribution in [3.63, 3.8) is 0 Å². The topological polar surface area (TPSA) is 90.4 Å². The van der Waals surface area contributed by atoms with Crippen molar-refractivity contribution in [2.24, 2.45) is 0 Å². The summed E-state index contributed by atoms with van der Waals surface area (Å²) in [6, 6.07) is 0. The third-order valence-electron chi connectivity index (χ3n) is 3.36. The molecule has 0 radical (unpaired) electrons. The van der Waals surface area contributed by atoms with E-state index in [1.165, 1.54) is 17.7 Å². The zero-order chi connectivity index (χ0) is 14.9. The summed E-state index contributed by atoms with van der Waals surface area (Å²) in [4.78, 5) is 36.5. The Labute approximate surface area is 115 Å². The van der Waals surface area contributed by atoms with Crippen LogP contribution in [0, 0.1) is 6.92 Å². The first-order chi connectivity index (χ1) is 9.42. The molecule has 1 aliphatic heterocycles. The van der Waals surface area contributed by atoms with Crippen LogP contribution < -0.4 is 11.2 Å². The standard InChI is InChI=1S/C13H18N2O5/c1-4-9-10(19-8(3)16)5-11(20-9)15-6-7(2)12(17)14-13(15)18/h6,9-11H,4-5H2,1-3H3,(H,14,17,18)/t9-,10+,11?/m1/s1. The lowest BCUT2D eigenvalue weighted by atomic mass is 10.1. The van der Waals surface area contributed by atoms with Gasteiger partial charge in [0.2, 0.25) is 0 Å². The fourth-order valence-electron chi connectivity index (χ4n) is 2.37. The molecule has 0 amide bonds. The Morgan fingerprint density at radius 1 is 1.55 bits per heavy atom. The molecule has 0 saturated carbocycles. The number of nitrogens with one attached hydrogen (secondary N) is 1. The first-order valence-electron chi connectivity index (χ1n) is 6.57. The molecule has 0 spiro atoms. The van der Waals surface area contributed by atoms with E-state index in [1.54, 1.807) is 6.92 Å². The van der Waals surface area contributed by atoms with E-state index in [0.29, 0.717) is 18.4 Å². The van der Waals surface area contributed by atoms with Crippen molar-refractivity contribution in [3.8, 4) is 0 Å². The Balaban J connectivity index is 2.27. The van der Waals surface area contributed by atoms with Gasteiger partial charge >= 0.3 is 11.7 Å². The third-order valence-corrected chi connectivity index (χ3v) is 3.36. The molecular formula is C13H18N2O5. The Kier molecular flexibility index (Phi) is 4.08. The molecule has 1 saturated heterocycles. The van der Waals surface area contributed by atoms with E-state index in [9.17, 15) is 14.4 Å². The van der Waals surface area contributed by atoms with Crippen LogP contribution in [-0.2, 0) is 14.3 Å². The first kappa shape index (κ1) is 14.5. The lowest BCUT2D eigenvalue weighted by Gasteiger charge is -2.16. The number of carbonyl (C=O) groups excluding carboxylic acids is 1. The van der Waals surface area contributed by atoms with Gasteiger partial charge in [-0.2, -0.15) is 0 Å². The Bertz CT molecular complexity index is 618. The Morgan fingerprint density at radius 3 is 2.85 bits per heavy atom. The van der Waals surface area contributed by atoms with Gasteiger partial charge in [0.05, 0.1) is 6.10 Å². The summed E-state index contributed by atoms with van der Waals surface area (Å²) in [7, 11) is 0. The summed E-state index contributed by atoms with van der Waals surface area (Å²) >= 11 is 0. The van der Waals surface area contributed by atoms with Gasteiger partial charge in [0, 0.05) is 25.1 Å². The molecule has 1 aliphatic rings. The van der Waals surface area contributed by atoms with Crippen LogP contribution in [0.5, 0.6) is 0 Å². The molecule has 0 bridgehead atoms. The third kappa shape index (κ3) is 2.82. The quantitative estimate of drug-likeness (QED) is 0.814. The van der Waals surface area contributed by atoms with Gasteiger partial charge in [-0.05, 0) is 13.3 Å². The van der Waals surface area contributed by atoms with Gasteiger partial charge in [0.25, 0.3) is 5.56 Å². The summed E-state index contributed by atoms with van der Waals surface area (Å²) < 4.78 is 12.3. The van der Waals surface area contributed by atoms with Crippen LogP contribution in [-0.4, -0.2) is 27.7 Å². The maximum Gasteiger partial charge on any atom is 0.330 e. The highest BCUT2D eigenvalue weighted by Crippen LogP contribution is 2.31. The minimum atomic E-state index is -0.535. The molecule has 7 heteroatoms. The molecule has 1 fully saturated rings. The maximum atomic E-state index is 11.8. The molecule has 7 nitrogen and oxygen atoms in total. The van der Waals surface area contributed by atoms with Crippen molar-refractivity contribution in [1.29, 1.82) is 0 Å². The number of hydrogen-bond acceptors (Lipinski definition) is 5. The molecule has 20 heavy (non-hydrogen) atoms. The number of aromatic amines is 1. The van der Waals surface area contributed by atoms with Crippen LogP contribution in [0.1, 0.15) is 38.5 Å². The van der Waals surface area contributed by atoms with Gasteiger partial charge < -0.3 is 9.47 Å². The van der Waals surface area contributed by atoms with Gasteiger partial charge in [-0.1, -0.05) is 6.92 Å². The fraction of sp³-hybridized carbons (Fsp3) is 0.615. The van der Waals surface area contributed by atoms with Gasteiger partial charge in [-0.3, -0.25) is 19.1 Å². The first-order valence-corrected chi connectivity index (χ1v) is 6.57. The molecule has 0 aliphatic carbocycles. The SMILES string of the molecule is CC[C@H]1OC(n2cc(C)c(=O)[nH]c2=O)C[C@@H]1OC(C)=O. The maximum absolute atomic E-state index is 11.8. The fourth-order valence-corrected chi connectivity index (χ4v) is 2.37. The zero-order valence-electron chi connectivity index (χ0n) is 11.7. The summed E-state index contributed by atoms with van der Waals surface area (Å²) in [5, 5.41) is 0. The number of ether oxygens (including phenoxy) is 2. The molecule has 110 valence electrons. The second kappa shape index (κ2) is 5.62. The van der Waals surface area contributed by atoms with Gasteiger partial charge in [0.1, 0.15) is 12.3 Å². The lowest BCUT2D eigenvalue weighted by Crippen LogP contribution is -2.33. The second-order valence-corrected chi connectivity index (χ2v) is 4.90. The van der Waals surface area contributed by atoms with Gasteiger partial charge in [0.15, 0.2) is 0 Å². The van der Waals surface area contributed by atoms with E-state index >= 15 is 0 Å². The van der Waals surface area contributed by atoms with Crippen LogP contribution in [0.4, 0.5) is 0 Å². The molecule has 2 rings (SSSR count). The van der Waals surface area contributed by atoms with Gasteiger partial charge in [-0.25, -0.2) is 4.79 Å². The van der Waals surface area contributed by atoms with Crippen LogP contribution in [0.25, 0.3) is 0 Å². The summed E-state index contributed by atoms with van der Waals surface area (Å²) in [6.07, 6.45) is 1.38.